The maximum Gasteiger partial charge on any atom is 0.174 e. The van der Waals surface area contributed by atoms with Gasteiger partial charge in [-0.3, -0.25) is 4.68 Å². The molecule has 1 aromatic heterocycles. The van der Waals surface area contributed by atoms with Crippen molar-refractivity contribution in [2.24, 2.45) is 7.05 Å². The van der Waals surface area contributed by atoms with Crippen LogP contribution in [0.1, 0.15) is 13.3 Å². The molecule has 1 saturated heterocycles. The summed E-state index contributed by atoms with van der Waals surface area (Å²) < 4.78 is 1.78. The standard InChI is InChI=1S/C11H21N5/c1-9-7-14(2)5-4-6-16(9)11-10(12)8-15(3)13-11/h8-9H,4-7,12H2,1-3H3. The predicted octanol–water partition coefficient (Wildman–Crippen LogP) is 0.533. The smallest absolute Gasteiger partial charge is 0.174 e. The normalized spacial score (nSPS) is 23.4. The largest absolute Gasteiger partial charge is 0.394 e. The summed E-state index contributed by atoms with van der Waals surface area (Å²) >= 11 is 0. The van der Waals surface area contributed by atoms with E-state index < -0.39 is 0 Å². The lowest BCUT2D eigenvalue weighted by atomic mass is 10.2. The molecule has 0 aromatic carbocycles. The van der Waals surface area contributed by atoms with Gasteiger partial charge >= 0.3 is 0 Å². The van der Waals surface area contributed by atoms with Crippen molar-refractivity contribution < 1.29 is 0 Å². The predicted molar refractivity (Wildman–Crippen MR) is 66.5 cm³/mol. The third-order valence-electron chi connectivity index (χ3n) is 3.16. The zero-order chi connectivity index (χ0) is 11.7. The molecule has 0 bridgehead atoms. The molecule has 1 atom stereocenters. The fourth-order valence-corrected chi connectivity index (χ4v) is 2.41. The highest BCUT2D eigenvalue weighted by molar-refractivity contribution is 5.62. The number of aryl methyl sites for hydroxylation is 1. The van der Waals surface area contributed by atoms with Gasteiger partial charge in [0.15, 0.2) is 5.82 Å². The van der Waals surface area contributed by atoms with Crippen LogP contribution in [0.25, 0.3) is 0 Å². The Hall–Kier alpha value is -1.23. The highest BCUT2D eigenvalue weighted by atomic mass is 15.4. The lowest BCUT2D eigenvalue weighted by Gasteiger charge is -2.28. The lowest BCUT2D eigenvalue weighted by molar-refractivity contribution is 0.337. The van der Waals surface area contributed by atoms with Crippen LogP contribution in [0.4, 0.5) is 11.5 Å². The van der Waals surface area contributed by atoms with Gasteiger partial charge in [0.25, 0.3) is 0 Å². The maximum atomic E-state index is 5.98. The molecule has 2 rings (SSSR count). The average Bonchev–Trinajstić information content (AvgIpc) is 2.41. The van der Waals surface area contributed by atoms with E-state index in [1.165, 1.54) is 0 Å². The van der Waals surface area contributed by atoms with Crippen molar-refractivity contribution in [3.63, 3.8) is 0 Å². The van der Waals surface area contributed by atoms with Crippen LogP contribution in [-0.4, -0.2) is 47.4 Å². The Balaban J connectivity index is 2.22. The zero-order valence-corrected chi connectivity index (χ0v) is 10.3. The van der Waals surface area contributed by atoms with Crippen molar-refractivity contribution in [2.45, 2.75) is 19.4 Å². The average molecular weight is 223 g/mol. The fraction of sp³-hybridized carbons (Fsp3) is 0.727. The molecule has 1 aliphatic heterocycles. The molecule has 0 radical (unpaired) electrons. The van der Waals surface area contributed by atoms with Crippen molar-refractivity contribution in [3.8, 4) is 0 Å². The van der Waals surface area contributed by atoms with E-state index >= 15 is 0 Å². The van der Waals surface area contributed by atoms with Crippen molar-refractivity contribution in [1.29, 1.82) is 0 Å². The second-order valence-corrected chi connectivity index (χ2v) is 4.74. The van der Waals surface area contributed by atoms with Crippen molar-refractivity contribution >= 4 is 11.5 Å². The van der Waals surface area contributed by atoms with Crippen LogP contribution in [0.5, 0.6) is 0 Å². The van der Waals surface area contributed by atoms with E-state index in [4.69, 9.17) is 5.73 Å². The van der Waals surface area contributed by atoms with Crippen molar-refractivity contribution in [2.75, 3.05) is 37.3 Å². The molecule has 90 valence electrons. The minimum atomic E-state index is 0.463. The van der Waals surface area contributed by atoms with Crippen molar-refractivity contribution in [1.82, 2.24) is 14.7 Å². The number of hydrogen-bond donors (Lipinski definition) is 1. The first-order valence-electron chi connectivity index (χ1n) is 5.82. The number of aromatic nitrogens is 2. The summed E-state index contributed by atoms with van der Waals surface area (Å²) in [6, 6.07) is 0.463. The first-order valence-corrected chi connectivity index (χ1v) is 5.82. The van der Waals surface area contributed by atoms with Crippen LogP contribution < -0.4 is 10.6 Å². The number of nitrogens with zero attached hydrogens (tertiary/aromatic N) is 4. The van der Waals surface area contributed by atoms with Gasteiger partial charge in [-0.05, 0) is 26.9 Å². The molecule has 1 aromatic rings. The van der Waals surface area contributed by atoms with Gasteiger partial charge in [0.2, 0.25) is 0 Å². The second-order valence-electron chi connectivity index (χ2n) is 4.74. The molecular weight excluding hydrogens is 202 g/mol. The Labute approximate surface area is 96.8 Å². The maximum absolute atomic E-state index is 5.98. The van der Waals surface area contributed by atoms with Gasteiger partial charge in [-0.15, -0.1) is 0 Å². The topological polar surface area (TPSA) is 50.3 Å². The number of nitrogens with two attached hydrogens (primary N) is 1. The quantitative estimate of drug-likeness (QED) is 0.754. The molecule has 0 spiro atoms. The van der Waals surface area contributed by atoms with E-state index in [0.29, 0.717) is 6.04 Å². The number of rotatable bonds is 1. The molecule has 16 heavy (non-hydrogen) atoms. The van der Waals surface area contributed by atoms with Crippen LogP contribution in [0.15, 0.2) is 6.20 Å². The Morgan fingerprint density at radius 1 is 1.38 bits per heavy atom. The third-order valence-corrected chi connectivity index (χ3v) is 3.16. The van der Waals surface area contributed by atoms with E-state index in [0.717, 1.165) is 37.6 Å². The monoisotopic (exact) mass is 223 g/mol. The fourth-order valence-electron chi connectivity index (χ4n) is 2.41. The SMILES string of the molecule is CC1CN(C)CCCN1c1nn(C)cc1N. The summed E-state index contributed by atoms with van der Waals surface area (Å²) in [5, 5.41) is 4.45. The number of hydrogen-bond acceptors (Lipinski definition) is 4. The zero-order valence-electron chi connectivity index (χ0n) is 10.3. The molecule has 2 heterocycles. The minimum Gasteiger partial charge on any atom is -0.394 e. The summed E-state index contributed by atoms with van der Waals surface area (Å²) in [5.41, 5.74) is 6.76. The lowest BCUT2D eigenvalue weighted by Crippen LogP contribution is -2.38. The van der Waals surface area contributed by atoms with Gasteiger partial charge in [-0.1, -0.05) is 0 Å². The van der Waals surface area contributed by atoms with Gasteiger partial charge in [0, 0.05) is 32.4 Å². The first-order chi connectivity index (χ1) is 7.58. The van der Waals surface area contributed by atoms with Gasteiger partial charge in [0.05, 0.1) is 5.69 Å². The highest BCUT2D eigenvalue weighted by Crippen LogP contribution is 2.24. The molecule has 0 saturated carbocycles. The minimum absolute atomic E-state index is 0.463. The molecule has 1 fully saturated rings. The van der Waals surface area contributed by atoms with Crippen LogP contribution in [0.2, 0.25) is 0 Å². The van der Waals surface area contributed by atoms with Gasteiger partial charge in [-0.25, -0.2) is 0 Å². The van der Waals surface area contributed by atoms with Crippen LogP contribution >= 0.6 is 0 Å². The molecule has 5 heteroatoms. The first kappa shape index (κ1) is 11.3. The van der Waals surface area contributed by atoms with E-state index in [2.05, 4.69) is 28.9 Å². The molecule has 0 amide bonds. The molecule has 1 aliphatic rings. The van der Waals surface area contributed by atoms with E-state index in [1.807, 2.05) is 13.2 Å². The molecule has 5 nitrogen and oxygen atoms in total. The second kappa shape index (κ2) is 4.33. The van der Waals surface area contributed by atoms with E-state index in [-0.39, 0.29) is 0 Å². The van der Waals surface area contributed by atoms with Gasteiger partial charge < -0.3 is 15.5 Å². The number of nitrogen functional groups attached to an aromatic ring is 1. The summed E-state index contributed by atoms with van der Waals surface area (Å²) in [5.74, 6) is 0.935. The molecule has 2 N–H and O–H groups in total. The Morgan fingerprint density at radius 2 is 2.12 bits per heavy atom. The van der Waals surface area contributed by atoms with Crippen molar-refractivity contribution in [3.05, 3.63) is 6.20 Å². The summed E-state index contributed by atoms with van der Waals surface area (Å²) in [6.45, 7) is 5.48. The Bertz CT molecular complexity index is 359. The number of anilines is 2. The Kier molecular flexibility index (Phi) is 3.05. The van der Waals surface area contributed by atoms with Gasteiger partial charge in [0.1, 0.15) is 0 Å². The summed E-state index contributed by atoms with van der Waals surface area (Å²) in [4.78, 5) is 4.68. The highest BCUT2D eigenvalue weighted by Gasteiger charge is 2.23. The Morgan fingerprint density at radius 3 is 2.75 bits per heavy atom. The summed E-state index contributed by atoms with van der Waals surface area (Å²) in [6.07, 6.45) is 3.04. The van der Waals surface area contributed by atoms with E-state index in [1.54, 1.807) is 4.68 Å². The summed E-state index contributed by atoms with van der Waals surface area (Å²) in [7, 11) is 4.08. The molecule has 0 aliphatic carbocycles. The van der Waals surface area contributed by atoms with Gasteiger partial charge in [-0.2, -0.15) is 5.10 Å². The third kappa shape index (κ3) is 2.14. The molecular formula is C11H21N5. The number of likely N-dealkylation sites (N-methyl/N-ethyl adjacent to an activating group) is 1. The van der Waals surface area contributed by atoms with Crippen LogP contribution in [-0.2, 0) is 7.05 Å². The molecule has 1 unspecified atom stereocenters. The van der Waals surface area contributed by atoms with E-state index in [9.17, 15) is 0 Å². The van der Waals surface area contributed by atoms with Crippen LogP contribution in [0.3, 0.4) is 0 Å². The van der Waals surface area contributed by atoms with Crippen LogP contribution in [0, 0.1) is 0 Å².